The monoisotopic (exact) mass is 298 g/mol. The lowest BCUT2D eigenvalue weighted by molar-refractivity contribution is -0.140. The van der Waals surface area contributed by atoms with E-state index in [1.807, 2.05) is 24.3 Å². The maximum Gasteiger partial charge on any atom is 0.235 e. The number of ether oxygens (including phenoxy) is 1. The second kappa shape index (κ2) is 4.87. The Labute approximate surface area is 128 Å². The number of benzene rings is 1. The number of likely N-dealkylation sites (tertiary alicyclic amines) is 1. The molecule has 2 bridgehead atoms. The molecule has 1 N–H and O–H groups in total. The minimum absolute atomic E-state index is 0.0205. The fourth-order valence-corrected chi connectivity index (χ4v) is 4.00. The van der Waals surface area contributed by atoms with E-state index in [-0.39, 0.29) is 42.2 Å². The van der Waals surface area contributed by atoms with Crippen LogP contribution in [0.3, 0.4) is 0 Å². The minimum atomic E-state index is -0.125. The molecule has 1 aromatic rings. The fraction of sp³-hybridized carbons (Fsp3) is 0.412. The summed E-state index contributed by atoms with van der Waals surface area (Å²) in [7, 11) is 1.62. The molecule has 0 spiro atoms. The molecule has 2 amide bonds. The van der Waals surface area contributed by atoms with Crippen molar-refractivity contribution in [2.75, 3.05) is 19.1 Å². The normalized spacial score (nSPS) is 31.8. The first-order valence-electron chi connectivity index (χ1n) is 7.60. The van der Waals surface area contributed by atoms with Gasteiger partial charge in [-0.3, -0.25) is 14.5 Å². The number of methoxy groups -OCH3 is 1. The minimum Gasteiger partial charge on any atom is -0.497 e. The molecule has 5 nitrogen and oxygen atoms in total. The first-order chi connectivity index (χ1) is 10.7. The summed E-state index contributed by atoms with van der Waals surface area (Å²) in [6.45, 7) is 0.233. The Bertz CT molecular complexity index is 622. The number of hydrogen-bond donors (Lipinski definition) is 1. The van der Waals surface area contributed by atoms with Crippen LogP contribution in [0.1, 0.15) is 6.42 Å². The number of fused-ring (bicyclic) bond motifs is 5. The molecular formula is C17H18N2O3. The molecule has 4 rings (SSSR count). The highest BCUT2D eigenvalue weighted by Gasteiger charge is 2.59. The van der Waals surface area contributed by atoms with Gasteiger partial charge < -0.3 is 10.1 Å². The van der Waals surface area contributed by atoms with Crippen LogP contribution in [-0.2, 0) is 9.59 Å². The fourth-order valence-electron chi connectivity index (χ4n) is 4.00. The SMILES string of the molecule is COc1ccc(NCN2C(=O)[C@@H]3[C@H](C2=O)[C@@H]2C=C[C@H]3C2)cc1. The maximum absolute atomic E-state index is 12.5. The highest BCUT2D eigenvalue weighted by Crippen LogP contribution is 2.52. The Kier molecular flexibility index (Phi) is 2.96. The van der Waals surface area contributed by atoms with Crippen molar-refractivity contribution < 1.29 is 14.3 Å². The summed E-state index contributed by atoms with van der Waals surface area (Å²) < 4.78 is 5.11. The van der Waals surface area contributed by atoms with Crippen LogP contribution in [0.25, 0.3) is 0 Å². The van der Waals surface area contributed by atoms with Gasteiger partial charge in [0, 0.05) is 5.69 Å². The molecule has 2 fully saturated rings. The lowest BCUT2D eigenvalue weighted by Gasteiger charge is -2.18. The Hall–Kier alpha value is -2.30. The number of allylic oxidation sites excluding steroid dienone is 2. The predicted molar refractivity (Wildman–Crippen MR) is 81.1 cm³/mol. The average molecular weight is 298 g/mol. The molecule has 1 saturated heterocycles. The van der Waals surface area contributed by atoms with Crippen molar-refractivity contribution >= 4 is 17.5 Å². The summed E-state index contributed by atoms with van der Waals surface area (Å²) in [5, 5.41) is 3.15. The van der Waals surface area contributed by atoms with E-state index in [9.17, 15) is 9.59 Å². The van der Waals surface area contributed by atoms with Crippen molar-refractivity contribution in [3.8, 4) is 5.75 Å². The second-order valence-electron chi connectivity index (χ2n) is 6.17. The van der Waals surface area contributed by atoms with Crippen molar-refractivity contribution in [2.24, 2.45) is 23.7 Å². The van der Waals surface area contributed by atoms with Crippen molar-refractivity contribution in [3.63, 3.8) is 0 Å². The van der Waals surface area contributed by atoms with Crippen LogP contribution in [0.2, 0.25) is 0 Å². The second-order valence-corrected chi connectivity index (χ2v) is 6.17. The molecule has 0 unspecified atom stereocenters. The third kappa shape index (κ3) is 1.85. The van der Waals surface area contributed by atoms with Crippen molar-refractivity contribution in [3.05, 3.63) is 36.4 Å². The number of amides is 2. The summed E-state index contributed by atoms with van der Waals surface area (Å²) in [5.41, 5.74) is 0.861. The van der Waals surface area contributed by atoms with Gasteiger partial charge in [0.2, 0.25) is 11.8 Å². The van der Waals surface area contributed by atoms with Crippen LogP contribution in [0.5, 0.6) is 5.75 Å². The molecule has 5 heteroatoms. The predicted octanol–water partition coefficient (Wildman–Crippen LogP) is 1.87. The van der Waals surface area contributed by atoms with Gasteiger partial charge in [0.05, 0.1) is 25.6 Å². The van der Waals surface area contributed by atoms with E-state index in [1.165, 1.54) is 4.90 Å². The van der Waals surface area contributed by atoms with Crippen LogP contribution >= 0.6 is 0 Å². The molecular weight excluding hydrogens is 280 g/mol. The lowest BCUT2D eigenvalue weighted by atomic mass is 9.85. The maximum atomic E-state index is 12.5. The van der Waals surface area contributed by atoms with Gasteiger partial charge >= 0.3 is 0 Å². The van der Waals surface area contributed by atoms with E-state index in [2.05, 4.69) is 17.5 Å². The molecule has 3 aliphatic rings. The zero-order valence-corrected chi connectivity index (χ0v) is 12.4. The van der Waals surface area contributed by atoms with Crippen LogP contribution in [0.15, 0.2) is 36.4 Å². The third-order valence-corrected chi connectivity index (χ3v) is 5.09. The Morgan fingerprint density at radius 3 is 2.23 bits per heavy atom. The van der Waals surface area contributed by atoms with Gasteiger partial charge in [-0.15, -0.1) is 0 Å². The van der Waals surface area contributed by atoms with Crippen LogP contribution in [0, 0.1) is 23.7 Å². The van der Waals surface area contributed by atoms with Gasteiger partial charge in [0.15, 0.2) is 0 Å². The largest absolute Gasteiger partial charge is 0.497 e. The number of rotatable bonds is 4. The first-order valence-corrected chi connectivity index (χ1v) is 7.60. The average Bonchev–Trinajstić information content (AvgIpc) is 3.21. The molecule has 22 heavy (non-hydrogen) atoms. The molecule has 1 saturated carbocycles. The number of carbonyl (C=O) groups is 2. The Morgan fingerprint density at radius 1 is 1.09 bits per heavy atom. The summed E-state index contributed by atoms with van der Waals surface area (Å²) in [6, 6.07) is 7.43. The highest BCUT2D eigenvalue weighted by atomic mass is 16.5. The molecule has 4 atom stereocenters. The molecule has 0 aromatic heterocycles. The lowest BCUT2D eigenvalue weighted by Crippen LogP contribution is -2.37. The van der Waals surface area contributed by atoms with E-state index in [0.29, 0.717) is 0 Å². The van der Waals surface area contributed by atoms with E-state index < -0.39 is 0 Å². The quantitative estimate of drug-likeness (QED) is 0.681. The van der Waals surface area contributed by atoms with Gasteiger partial charge in [-0.25, -0.2) is 0 Å². The van der Waals surface area contributed by atoms with Gasteiger partial charge in [-0.2, -0.15) is 0 Å². The van der Waals surface area contributed by atoms with Crippen molar-refractivity contribution in [1.82, 2.24) is 4.90 Å². The number of hydrogen-bond acceptors (Lipinski definition) is 4. The molecule has 1 aliphatic heterocycles. The Morgan fingerprint density at radius 2 is 1.68 bits per heavy atom. The number of anilines is 1. The van der Waals surface area contributed by atoms with Crippen molar-refractivity contribution in [1.29, 1.82) is 0 Å². The van der Waals surface area contributed by atoms with Crippen LogP contribution < -0.4 is 10.1 Å². The number of carbonyl (C=O) groups excluding carboxylic acids is 2. The molecule has 114 valence electrons. The topological polar surface area (TPSA) is 58.6 Å². The molecule has 1 aromatic carbocycles. The van der Waals surface area contributed by atoms with Crippen LogP contribution in [0.4, 0.5) is 5.69 Å². The number of nitrogens with zero attached hydrogens (tertiary/aromatic N) is 1. The number of nitrogens with one attached hydrogen (secondary N) is 1. The summed E-state index contributed by atoms with van der Waals surface area (Å²) in [5.74, 6) is 1.01. The highest BCUT2D eigenvalue weighted by molar-refractivity contribution is 6.06. The summed E-state index contributed by atoms with van der Waals surface area (Å²) in [6.07, 6.45) is 5.18. The molecule has 0 radical (unpaired) electrons. The van der Waals surface area contributed by atoms with Crippen molar-refractivity contribution in [2.45, 2.75) is 6.42 Å². The first kappa shape index (κ1) is 13.4. The zero-order chi connectivity index (χ0) is 15.3. The smallest absolute Gasteiger partial charge is 0.235 e. The van der Waals surface area contributed by atoms with Gasteiger partial charge in [-0.1, -0.05) is 12.2 Å². The summed E-state index contributed by atoms with van der Waals surface area (Å²) in [4.78, 5) is 26.4. The van der Waals surface area contributed by atoms with Gasteiger partial charge in [0.1, 0.15) is 5.75 Å². The summed E-state index contributed by atoms with van der Waals surface area (Å²) >= 11 is 0. The van der Waals surface area contributed by atoms with E-state index in [4.69, 9.17) is 4.74 Å². The molecule has 1 heterocycles. The number of imide groups is 1. The van der Waals surface area contributed by atoms with Gasteiger partial charge in [-0.05, 0) is 42.5 Å². The third-order valence-electron chi connectivity index (χ3n) is 5.09. The van der Waals surface area contributed by atoms with E-state index >= 15 is 0 Å². The standard InChI is InChI=1S/C17H18N2O3/c1-22-13-6-4-12(5-7-13)18-9-19-16(20)14-10-2-3-11(8-10)15(14)17(19)21/h2-7,10-11,14-15,18H,8-9H2,1H3/t10-,11+,14-,15+. The van der Waals surface area contributed by atoms with E-state index in [1.54, 1.807) is 7.11 Å². The Balaban J connectivity index is 1.45. The van der Waals surface area contributed by atoms with Gasteiger partial charge in [0.25, 0.3) is 0 Å². The van der Waals surface area contributed by atoms with E-state index in [0.717, 1.165) is 17.9 Å². The zero-order valence-electron chi connectivity index (χ0n) is 12.4. The molecule has 2 aliphatic carbocycles. The van der Waals surface area contributed by atoms with Crippen LogP contribution in [-0.4, -0.2) is 30.5 Å².